The number of amides is 2. The summed E-state index contributed by atoms with van der Waals surface area (Å²) >= 11 is 0. The second-order valence-corrected chi connectivity index (χ2v) is 12.4. The van der Waals surface area contributed by atoms with Crippen LogP contribution in [0.2, 0.25) is 0 Å². The molecule has 1 aliphatic rings. The van der Waals surface area contributed by atoms with E-state index < -0.39 is 47.6 Å². The summed E-state index contributed by atoms with van der Waals surface area (Å²) < 4.78 is 29.3. The fourth-order valence-electron chi connectivity index (χ4n) is 4.39. The van der Waals surface area contributed by atoms with Crippen molar-refractivity contribution in [2.75, 3.05) is 13.2 Å². The zero-order chi connectivity index (χ0) is 30.4. The van der Waals surface area contributed by atoms with Crippen molar-refractivity contribution in [3.05, 3.63) is 65.7 Å². The SMILES string of the molecule is Cc1ccc(CC2COCC(N(C(=O)OC(C)(C)C)C(=O)OC(C)(C)C)C(=O)OC(C)C2Oc2ccccc2)cc1. The van der Waals surface area contributed by atoms with Gasteiger partial charge in [0.2, 0.25) is 0 Å². The number of benzene rings is 2. The molecule has 0 spiro atoms. The van der Waals surface area contributed by atoms with E-state index in [-0.39, 0.29) is 19.1 Å². The number of cyclic esters (lactones) is 1. The number of nitrogens with zero attached hydrogens (tertiary/aromatic N) is 1. The third-order valence-corrected chi connectivity index (χ3v) is 6.23. The first kappa shape index (κ1) is 31.9. The second-order valence-electron chi connectivity index (χ2n) is 12.4. The number of para-hydroxylation sites is 1. The van der Waals surface area contributed by atoms with Gasteiger partial charge in [0.05, 0.1) is 13.2 Å². The van der Waals surface area contributed by atoms with Gasteiger partial charge in [-0.1, -0.05) is 48.0 Å². The lowest BCUT2D eigenvalue weighted by Crippen LogP contribution is -2.54. The number of imide groups is 1. The van der Waals surface area contributed by atoms with Gasteiger partial charge in [0.15, 0.2) is 6.04 Å². The highest BCUT2D eigenvalue weighted by atomic mass is 16.6. The van der Waals surface area contributed by atoms with Gasteiger partial charge in [-0.15, -0.1) is 0 Å². The highest BCUT2D eigenvalue weighted by Gasteiger charge is 2.44. The number of hydrogen-bond acceptors (Lipinski definition) is 8. The Morgan fingerprint density at radius 3 is 1.98 bits per heavy atom. The Balaban J connectivity index is 1.95. The van der Waals surface area contributed by atoms with Crippen LogP contribution in [-0.4, -0.2) is 65.7 Å². The zero-order valence-corrected chi connectivity index (χ0v) is 25.3. The molecule has 1 fully saturated rings. The molecular formula is C32H43NO8. The minimum absolute atomic E-state index is 0.180. The van der Waals surface area contributed by atoms with Gasteiger partial charge in [0, 0.05) is 5.92 Å². The summed E-state index contributed by atoms with van der Waals surface area (Å²) in [6.45, 7) is 13.6. The van der Waals surface area contributed by atoms with E-state index in [4.69, 9.17) is 23.7 Å². The van der Waals surface area contributed by atoms with Gasteiger partial charge < -0.3 is 23.7 Å². The molecule has 3 rings (SSSR count). The van der Waals surface area contributed by atoms with Gasteiger partial charge in [-0.25, -0.2) is 14.4 Å². The topological polar surface area (TPSA) is 101 Å². The molecule has 0 aromatic heterocycles. The molecule has 0 N–H and O–H groups in total. The molecule has 9 nitrogen and oxygen atoms in total. The second kappa shape index (κ2) is 13.4. The molecule has 4 unspecified atom stereocenters. The molecule has 224 valence electrons. The maximum absolute atomic E-state index is 13.6. The largest absolute Gasteiger partial charge is 0.486 e. The van der Waals surface area contributed by atoms with Crippen molar-refractivity contribution in [1.82, 2.24) is 4.90 Å². The normalized spacial score (nSPS) is 21.9. The Morgan fingerprint density at radius 2 is 1.44 bits per heavy atom. The number of hydrogen-bond donors (Lipinski definition) is 0. The van der Waals surface area contributed by atoms with E-state index in [0.29, 0.717) is 17.1 Å². The zero-order valence-electron chi connectivity index (χ0n) is 25.3. The van der Waals surface area contributed by atoms with Crippen LogP contribution in [0.15, 0.2) is 54.6 Å². The number of carbonyl (C=O) groups is 3. The van der Waals surface area contributed by atoms with Crippen molar-refractivity contribution in [1.29, 1.82) is 0 Å². The van der Waals surface area contributed by atoms with Crippen LogP contribution in [0.5, 0.6) is 5.75 Å². The first-order valence-electron chi connectivity index (χ1n) is 13.9. The van der Waals surface area contributed by atoms with Crippen LogP contribution in [-0.2, 0) is 30.2 Å². The average Bonchev–Trinajstić information content (AvgIpc) is 2.89. The number of aryl methyl sites for hydroxylation is 1. The monoisotopic (exact) mass is 569 g/mol. The van der Waals surface area contributed by atoms with Crippen LogP contribution in [0, 0.1) is 12.8 Å². The molecule has 9 heteroatoms. The summed E-state index contributed by atoms with van der Waals surface area (Å²) in [5, 5.41) is 0. The molecule has 2 aromatic carbocycles. The first-order valence-corrected chi connectivity index (χ1v) is 13.9. The summed E-state index contributed by atoms with van der Waals surface area (Å²) in [5.74, 6) is -0.433. The molecule has 2 aromatic rings. The molecule has 0 radical (unpaired) electrons. The van der Waals surface area contributed by atoms with Gasteiger partial charge in [0.1, 0.15) is 29.2 Å². The highest BCUT2D eigenvalue weighted by molar-refractivity contribution is 5.94. The van der Waals surface area contributed by atoms with Crippen LogP contribution in [0.1, 0.15) is 59.6 Å². The van der Waals surface area contributed by atoms with Crippen LogP contribution in [0.4, 0.5) is 9.59 Å². The minimum Gasteiger partial charge on any atom is -0.486 e. The van der Waals surface area contributed by atoms with Gasteiger partial charge in [-0.2, -0.15) is 4.90 Å². The Morgan fingerprint density at radius 1 is 0.878 bits per heavy atom. The van der Waals surface area contributed by atoms with Gasteiger partial charge in [-0.3, -0.25) is 0 Å². The molecular weight excluding hydrogens is 526 g/mol. The third kappa shape index (κ3) is 9.78. The number of esters is 1. The summed E-state index contributed by atoms with van der Waals surface area (Å²) in [6.07, 6.45) is -2.80. The Kier molecular flexibility index (Phi) is 10.4. The standard InChI is InChI=1S/C32H43NO8/c1-21-14-16-23(17-15-21)18-24-19-37-20-26(28(34)38-22(2)27(24)39-25-12-10-9-11-13-25)33(29(35)40-31(3,4)5)30(36)41-32(6,7)8/h9-17,22,24,26-27H,18-20H2,1-8H3. The van der Waals surface area contributed by atoms with E-state index in [1.165, 1.54) is 0 Å². The number of rotatable bonds is 5. The third-order valence-electron chi connectivity index (χ3n) is 6.23. The molecule has 1 aliphatic heterocycles. The van der Waals surface area contributed by atoms with Crippen LogP contribution in [0.3, 0.4) is 0 Å². The lowest BCUT2D eigenvalue weighted by molar-refractivity contribution is -0.159. The Labute approximate surface area is 243 Å². The molecule has 2 amide bonds. The van der Waals surface area contributed by atoms with Gasteiger partial charge in [0.25, 0.3) is 0 Å². The summed E-state index contributed by atoms with van der Waals surface area (Å²) in [7, 11) is 0. The minimum atomic E-state index is -1.43. The molecule has 0 saturated carbocycles. The fraction of sp³-hybridized carbons (Fsp3) is 0.531. The molecule has 1 heterocycles. The van der Waals surface area contributed by atoms with Crippen LogP contribution in [0.25, 0.3) is 0 Å². The highest BCUT2D eigenvalue weighted by Crippen LogP contribution is 2.27. The summed E-state index contributed by atoms with van der Waals surface area (Å²) in [6, 6.07) is 16.0. The molecule has 0 aliphatic carbocycles. The van der Waals surface area contributed by atoms with Gasteiger partial charge in [-0.05, 0) is 79.5 Å². The predicted molar refractivity (Wildman–Crippen MR) is 154 cm³/mol. The summed E-state index contributed by atoms with van der Waals surface area (Å²) in [4.78, 5) is 40.7. The summed E-state index contributed by atoms with van der Waals surface area (Å²) in [5.41, 5.74) is 0.360. The van der Waals surface area contributed by atoms with Crippen molar-refractivity contribution >= 4 is 18.2 Å². The maximum atomic E-state index is 13.6. The van der Waals surface area contributed by atoms with Crippen LogP contribution >= 0.6 is 0 Å². The number of carbonyl (C=O) groups excluding carboxylic acids is 3. The van der Waals surface area contributed by atoms with Crippen molar-refractivity contribution in [3.8, 4) is 5.75 Å². The lowest BCUT2D eigenvalue weighted by atomic mass is 9.91. The van der Waals surface area contributed by atoms with E-state index in [9.17, 15) is 14.4 Å². The van der Waals surface area contributed by atoms with Crippen LogP contribution < -0.4 is 4.74 Å². The fourth-order valence-corrected chi connectivity index (χ4v) is 4.39. The van der Waals surface area contributed by atoms with Crippen molar-refractivity contribution in [2.45, 2.75) is 91.3 Å². The van der Waals surface area contributed by atoms with Crippen molar-refractivity contribution in [2.24, 2.45) is 5.92 Å². The quantitative estimate of drug-likeness (QED) is 0.314. The molecule has 1 saturated heterocycles. The van der Waals surface area contributed by atoms with E-state index in [1.807, 2.05) is 61.5 Å². The predicted octanol–water partition coefficient (Wildman–Crippen LogP) is 6.10. The van der Waals surface area contributed by atoms with E-state index in [0.717, 1.165) is 11.1 Å². The van der Waals surface area contributed by atoms with Gasteiger partial charge >= 0.3 is 18.2 Å². The van der Waals surface area contributed by atoms with Crippen molar-refractivity contribution in [3.63, 3.8) is 0 Å². The maximum Gasteiger partial charge on any atom is 0.420 e. The van der Waals surface area contributed by atoms with Crippen molar-refractivity contribution < 1.29 is 38.1 Å². The molecule has 41 heavy (non-hydrogen) atoms. The lowest BCUT2D eigenvalue weighted by Gasteiger charge is -2.33. The smallest absolute Gasteiger partial charge is 0.420 e. The van der Waals surface area contributed by atoms with E-state index in [1.54, 1.807) is 48.5 Å². The van der Waals surface area contributed by atoms with E-state index in [2.05, 4.69) is 0 Å². The van der Waals surface area contributed by atoms with E-state index >= 15 is 0 Å². The number of ether oxygens (including phenoxy) is 5. The molecule has 4 atom stereocenters. The Hall–Kier alpha value is -3.59. The first-order chi connectivity index (χ1) is 19.1. The molecule has 0 bridgehead atoms. The average molecular weight is 570 g/mol. The Bertz CT molecular complexity index is 1140.